The molecule has 39 heavy (non-hydrogen) atoms. The van der Waals surface area contributed by atoms with Gasteiger partial charge in [-0.2, -0.15) is 4.98 Å². The number of anilines is 1. The van der Waals surface area contributed by atoms with Crippen LogP contribution in [-0.2, 0) is 14.8 Å². The molecule has 0 aliphatic rings. The monoisotopic (exact) mass is 557 g/mol. The van der Waals surface area contributed by atoms with Gasteiger partial charge in [0.25, 0.3) is 0 Å². The molecule has 4 aromatic rings. The van der Waals surface area contributed by atoms with Gasteiger partial charge in [0.15, 0.2) is 17.5 Å². The van der Waals surface area contributed by atoms with E-state index in [9.17, 15) is 8.42 Å². The third kappa shape index (κ3) is 6.20. The summed E-state index contributed by atoms with van der Waals surface area (Å²) in [7, 11) is -2.62. The van der Waals surface area contributed by atoms with Crippen LogP contribution in [0.3, 0.4) is 0 Å². The summed E-state index contributed by atoms with van der Waals surface area (Å²) in [6.07, 6.45) is 2.00. The number of aromatic nitrogens is 8. The molecule has 0 aliphatic carbocycles. The summed E-state index contributed by atoms with van der Waals surface area (Å²) in [6.45, 7) is 10.4. The minimum Gasteiger partial charge on any atom is -0.481 e. The van der Waals surface area contributed by atoms with Crippen LogP contribution in [0.4, 0.5) is 5.95 Å². The van der Waals surface area contributed by atoms with Crippen molar-refractivity contribution in [3.8, 4) is 17.4 Å². The van der Waals surface area contributed by atoms with Gasteiger partial charge >= 0.3 is 0 Å². The molecular formula is C24H31N9O5S. The van der Waals surface area contributed by atoms with Crippen molar-refractivity contribution < 1.29 is 22.4 Å². The van der Waals surface area contributed by atoms with Crippen LogP contribution in [0, 0.1) is 13.8 Å². The van der Waals surface area contributed by atoms with Crippen LogP contribution < -0.4 is 9.46 Å². The fourth-order valence-electron chi connectivity index (χ4n) is 3.76. The van der Waals surface area contributed by atoms with Crippen molar-refractivity contribution in [3.63, 3.8) is 0 Å². The molecule has 4 aromatic heterocycles. The summed E-state index contributed by atoms with van der Waals surface area (Å²) in [5, 5.41) is 11.3. The Labute approximate surface area is 226 Å². The molecular weight excluding hydrogens is 526 g/mol. The molecule has 0 amide bonds. The van der Waals surface area contributed by atoms with Gasteiger partial charge < -0.3 is 14.0 Å². The number of rotatable bonds is 11. The first-order chi connectivity index (χ1) is 18.5. The quantitative estimate of drug-likeness (QED) is 0.286. The maximum absolute atomic E-state index is 13.7. The number of hydrogen-bond donors (Lipinski definition) is 1. The highest BCUT2D eigenvalue weighted by molar-refractivity contribution is 7.93. The maximum atomic E-state index is 13.7. The third-order valence-electron chi connectivity index (χ3n) is 5.79. The lowest BCUT2D eigenvalue weighted by Crippen LogP contribution is -2.35. The first kappa shape index (κ1) is 28.0. The van der Waals surface area contributed by atoms with E-state index in [0.29, 0.717) is 23.3 Å². The van der Waals surface area contributed by atoms with Crippen molar-refractivity contribution in [2.75, 3.05) is 11.8 Å². The number of aryl methyl sites for hydroxylation is 2. The molecule has 0 aromatic carbocycles. The third-order valence-corrected chi connectivity index (χ3v) is 7.48. The van der Waals surface area contributed by atoms with E-state index >= 15 is 0 Å². The van der Waals surface area contributed by atoms with E-state index in [4.69, 9.17) is 14.0 Å². The lowest BCUT2D eigenvalue weighted by atomic mass is 10.2. The average Bonchev–Trinajstić information content (AvgIpc) is 3.53. The number of pyridine rings is 1. The Balaban J connectivity index is 1.75. The van der Waals surface area contributed by atoms with Crippen molar-refractivity contribution >= 4 is 16.0 Å². The number of ether oxygens (including phenoxy) is 2. The van der Waals surface area contributed by atoms with E-state index < -0.39 is 27.4 Å². The standard InChI is InChI=1S/C24H31N9O5S/c1-13(2)37-20(22-25-11-14(3)12-26-22)16(5)39(34,35)32-24-30-29-23(18-9-8-10-19(28-18)36-7)33(24)15(4)21-27-17(6)38-31-21/h8-13,15-16,20H,1-7H3,(H,30,32)/t15-,16-,20+/m0/s1. The molecule has 3 atom stereocenters. The summed E-state index contributed by atoms with van der Waals surface area (Å²) in [5.41, 5.74) is 1.25. The Hall–Kier alpha value is -3.98. The average molecular weight is 558 g/mol. The second kappa shape index (κ2) is 11.4. The highest BCUT2D eigenvalue weighted by atomic mass is 32.2. The lowest BCUT2D eigenvalue weighted by molar-refractivity contribution is 0.00152. The Kier molecular flexibility index (Phi) is 8.20. The molecule has 0 radical (unpaired) electrons. The van der Waals surface area contributed by atoms with Gasteiger partial charge in [0.05, 0.1) is 19.3 Å². The van der Waals surface area contributed by atoms with E-state index in [2.05, 4.69) is 40.0 Å². The zero-order valence-corrected chi connectivity index (χ0v) is 23.5. The minimum atomic E-state index is -4.12. The van der Waals surface area contributed by atoms with E-state index in [1.54, 1.807) is 44.4 Å². The smallest absolute Gasteiger partial charge is 0.240 e. The molecule has 1 N–H and O–H groups in total. The molecule has 0 saturated heterocycles. The molecule has 0 saturated carbocycles. The van der Waals surface area contributed by atoms with Gasteiger partial charge in [-0.15, -0.1) is 10.2 Å². The summed E-state index contributed by atoms with van der Waals surface area (Å²) in [4.78, 5) is 17.4. The van der Waals surface area contributed by atoms with Gasteiger partial charge in [0.1, 0.15) is 17.0 Å². The Morgan fingerprint density at radius 1 is 1.00 bits per heavy atom. The second-order valence-electron chi connectivity index (χ2n) is 9.21. The molecule has 4 heterocycles. The van der Waals surface area contributed by atoms with Crippen LogP contribution in [0.25, 0.3) is 11.5 Å². The first-order valence-electron chi connectivity index (χ1n) is 12.2. The van der Waals surface area contributed by atoms with Crippen LogP contribution >= 0.6 is 0 Å². The summed E-state index contributed by atoms with van der Waals surface area (Å²) < 4.78 is 47.9. The van der Waals surface area contributed by atoms with E-state index in [0.717, 1.165) is 5.56 Å². The van der Waals surface area contributed by atoms with E-state index in [1.165, 1.54) is 18.6 Å². The van der Waals surface area contributed by atoms with E-state index in [-0.39, 0.29) is 23.7 Å². The molecule has 0 spiro atoms. The SMILES string of the molecule is COc1cccc(-c2nnc(NS(=O)(=O)[C@@H](C)[C@@H](OC(C)C)c3ncc(C)cn3)n2[C@@H](C)c2noc(C)n2)n1. The molecule has 208 valence electrons. The van der Waals surface area contributed by atoms with Crippen molar-refractivity contribution in [1.29, 1.82) is 0 Å². The zero-order valence-electron chi connectivity index (χ0n) is 22.7. The largest absolute Gasteiger partial charge is 0.481 e. The molecule has 14 nitrogen and oxygen atoms in total. The molecule has 0 unspecified atom stereocenters. The van der Waals surface area contributed by atoms with Crippen LogP contribution in [0.1, 0.15) is 62.9 Å². The van der Waals surface area contributed by atoms with Crippen molar-refractivity contribution in [2.45, 2.75) is 65.0 Å². The number of nitrogens with one attached hydrogen (secondary N) is 1. The lowest BCUT2D eigenvalue weighted by Gasteiger charge is -2.25. The zero-order chi connectivity index (χ0) is 28.3. The highest BCUT2D eigenvalue weighted by Crippen LogP contribution is 2.31. The van der Waals surface area contributed by atoms with Crippen LogP contribution in [-0.4, -0.2) is 66.7 Å². The highest BCUT2D eigenvalue weighted by Gasteiger charge is 2.36. The van der Waals surface area contributed by atoms with Crippen molar-refractivity contribution in [1.82, 2.24) is 39.9 Å². The van der Waals surface area contributed by atoms with Crippen LogP contribution in [0.5, 0.6) is 5.88 Å². The van der Waals surface area contributed by atoms with Gasteiger partial charge in [-0.1, -0.05) is 11.2 Å². The molecule has 0 aliphatic heterocycles. The summed E-state index contributed by atoms with van der Waals surface area (Å²) in [5.74, 6) is 1.47. The Bertz CT molecular complexity index is 1520. The predicted molar refractivity (Wildman–Crippen MR) is 140 cm³/mol. The van der Waals surface area contributed by atoms with Crippen molar-refractivity contribution in [3.05, 3.63) is 53.7 Å². The molecule has 0 fully saturated rings. The number of hydrogen-bond acceptors (Lipinski definition) is 12. The maximum Gasteiger partial charge on any atom is 0.240 e. The molecule has 0 bridgehead atoms. The topological polar surface area (TPSA) is 173 Å². The normalized spacial score (nSPS) is 14.3. The van der Waals surface area contributed by atoms with Crippen LogP contribution in [0.15, 0.2) is 35.1 Å². The number of nitrogens with zero attached hydrogens (tertiary/aromatic N) is 8. The first-order valence-corrected chi connectivity index (χ1v) is 13.8. The number of methoxy groups -OCH3 is 1. The summed E-state index contributed by atoms with van der Waals surface area (Å²) in [6, 6.07) is 4.50. The summed E-state index contributed by atoms with van der Waals surface area (Å²) >= 11 is 0. The van der Waals surface area contributed by atoms with Gasteiger partial charge in [0, 0.05) is 25.4 Å². The van der Waals surface area contributed by atoms with Gasteiger partial charge in [-0.25, -0.2) is 23.4 Å². The number of sulfonamides is 1. The Morgan fingerprint density at radius 2 is 1.72 bits per heavy atom. The van der Waals surface area contributed by atoms with Gasteiger partial charge in [0.2, 0.25) is 27.7 Å². The van der Waals surface area contributed by atoms with Gasteiger partial charge in [-0.3, -0.25) is 9.29 Å². The van der Waals surface area contributed by atoms with Crippen LogP contribution in [0.2, 0.25) is 0 Å². The molecule has 4 rings (SSSR count). The minimum absolute atomic E-state index is 0.0652. The fourth-order valence-corrected chi connectivity index (χ4v) is 4.85. The Morgan fingerprint density at radius 3 is 2.33 bits per heavy atom. The second-order valence-corrected chi connectivity index (χ2v) is 11.2. The molecule has 15 heteroatoms. The predicted octanol–water partition coefficient (Wildman–Crippen LogP) is 3.04. The van der Waals surface area contributed by atoms with Crippen molar-refractivity contribution in [2.24, 2.45) is 0 Å². The van der Waals surface area contributed by atoms with Gasteiger partial charge in [-0.05, 0) is 46.2 Å². The van der Waals surface area contributed by atoms with E-state index in [1.807, 2.05) is 20.8 Å². The fraction of sp³-hybridized carbons (Fsp3) is 0.458.